The predicted molar refractivity (Wildman–Crippen MR) is 179 cm³/mol. The van der Waals surface area contributed by atoms with E-state index >= 15 is 4.39 Å². The van der Waals surface area contributed by atoms with Gasteiger partial charge in [-0.25, -0.2) is 4.39 Å². The number of pyridine rings is 1. The summed E-state index contributed by atoms with van der Waals surface area (Å²) >= 11 is 0. The topological polar surface area (TPSA) is 28.5 Å². The third kappa shape index (κ3) is 7.53. The van der Waals surface area contributed by atoms with Crippen molar-refractivity contribution >= 4 is 11.4 Å². The molecular formula is C38H56FN3. The minimum absolute atomic E-state index is 0.0891. The zero-order valence-corrected chi connectivity index (χ0v) is 27.4. The second-order valence-electron chi connectivity index (χ2n) is 13.5. The van der Waals surface area contributed by atoms with Gasteiger partial charge >= 0.3 is 0 Å². The third-order valence-electron chi connectivity index (χ3n) is 10.4. The lowest BCUT2D eigenvalue weighted by molar-refractivity contribution is 0.161. The molecule has 3 nitrogen and oxygen atoms in total. The second-order valence-corrected chi connectivity index (χ2v) is 13.5. The van der Waals surface area contributed by atoms with Crippen molar-refractivity contribution < 1.29 is 4.39 Å². The zero-order chi connectivity index (χ0) is 30.3. The van der Waals surface area contributed by atoms with Crippen LogP contribution >= 0.6 is 0 Å². The lowest BCUT2D eigenvalue weighted by Gasteiger charge is -2.36. The van der Waals surface area contributed by atoms with Crippen molar-refractivity contribution in [2.75, 3.05) is 18.0 Å². The summed E-state index contributed by atoms with van der Waals surface area (Å²) in [5.41, 5.74) is 6.02. The highest BCUT2D eigenvalue weighted by Gasteiger charge is 2.56. The van der Waals surface area contributed by atoms with Gasteiger partial charge in [-0.3, -0.25) is 9.98 Å². The van der Waals surface area contributed by atoms with E-state index in [2.05, 4.69) is 82.5 Å². The van der Waals surface area contributed by atoms with Gasteiger partial charge in [0.25, 0.3) is 0 Å². The van der Waals surface area contributed by atoms with Gasteiger partial charge in [-0.15, -0.1) is 0 Å². The number of halogens is 1. The smallest absolute Gasteiger partial charge is 0.119 e. The number of aliphatic imine (C=N–C) groups is 1. The van der Waals surface area contributed by atoms with E-state index in [1.807, 2.05) is 13.1 Å². The van der Waals surface area contributed by atoms with Crippen molar-refractivity contribution in [2.45, 2.75) is 118 Å². The van der Waals surface area contributed by atoms with Gasteiger partial charge in [0.2, 0.25) is 0 Å². The highest BCUT2D eigenvalue weighted by atomic mass is 19.1. The van der Waals surface area contributed by atoms with Crippen molar-refractivity contribution in [3.8, 4) is 11.3 Å². The standard InChI is InChI=1S/C38H56FN3/c1-8-13-29(6)41-26-28(5)37(19-10-3)20-17-32(24-37)27-42(30(7)35-25-38(35,39)11-4)34-16-12-15-33(23-34)36-22-31(14-9-2)18-21-40-36/h12,15-16,18,21-23,28,32,35H,7-11,13-14,17,19-20,24-27H2,1-6H3/b41-29+. The molecule has 0 bridgehead atoms. The van der Waals surface area contributed by atoms with Crippen molar-refractivity contribution in [3.63, 3.8) is 0 Å². The maximum absolute atomic E-state index is 15.4. The minimum atomic E-state index is -1.10. The molecule has 0 radical (unpaired) electrons. The fraction of sp³-hybridized carbons (Fsp3) is 0.632. The molecule has 4 rings (SSSR count). The van der Waals surface area contributed by atoms with Gasteiger partial charge in [-0.2, -0.15) is 0 Å². The van der Waals surface area contributed by atoms with Crippen molar-refractivity contribution in [1.29, 1.82) is 0 Å². The summed E-state index contributed by atoms with van der Waals surface area (Å²) in [6.45, 7) is 19.7. The van der Waals surface area contributed by atoms with Crippen molar-refractivity contribution in [1.82, 2.24) is 4.98 Å². The lowest BCUT2D eigenvalue weighted by atomic mass is 9.71. The number of alkyl halides is 1. The quantitative estimate of drug-likeness (QED) is 0.187. The highest BCUT2D eigenvalue weighted by Crippen LogP contribution is 2.56. The average Bonchev–Trinajstić information content (AvgIpc) is 3.52. The van der Waals surface area contributed by atoms with Gasteiger partial charge in [0.15, 0.2) is 0 Å². The summed E-state index contributed by atoms with van der Waals surface area (Å²) in [6.07, 6.45) is 13.7. The minimum Gasteiger partial charge on any atom is -0.345 e. The fourth-order valence-electron chi connectivity index (χ4n) is 7.60. The molecule has 0 amide bonds. The summed E-state index contributed by atoms with van der Waals surface area (Å²) in [6, 6.07) is 13.0. The maximum Gasteiger partial charge on any atom is 0.119 e. The first-order valence-corrected chi connectivity index (χ1v) is 16.9. The van der Waals surface area contributed by atoms with Gasteiger partial charge in [0.1, 0.15) is 5.67 Å². The van der Waals surface area contributed by atoms with E-state index in [0.29, 0.717) is 30.1 Å². The van der Waals surface area contributed by atoms with Crippen LogP contribution < -0.4 is 4.90 Å². The first-order chi connectivity index (χ1) is 20.2. The molecule has 230 valence electrons. The largest absolute Gasteiger partial charge is 0.345 e. The summed E-state index contributed by atoms with van der Waals surface area (Å²) in [4.78, 5) is 12.1. The molecule has 2 fully saturated rings. The Morgan fingerprint density at radius 2 is 1.93 bits per heavy atom. The number of anilines is 1. The average molecular weight is 574 g/mol. The Morgan fingerprint density at radius 3 is 2.62 bits per heavy atom. The molecule has 0 saturated heterocycles. The number of allylic oxidation sites excluding steroid dienone is 1. The highest BCUT2D eigenvalue weighted by molar-refractivity contribution is 5.81. The molecular weight excluding hydrogens is 517 g/mol. The van der Waals surface area contributed by atoms with E-state index in [1.54, 1.807) is 0 Å². The van der Waals surface area contributed by atoms with Crippen LogP contribution in [-0.2, 0) is 6.42 Å². The van der Waals surface area contributed by atoms with Crippen LogP contribution in [0.4, 0.5) is 10.1 Å². The lowest BCUT2D eigenvalue weighted by Crippen LogP contribution is -2.32. The van der Waals surface area contributed by atoms with E-state index < -0.39 is 5.67 Å². The maximum atomic E-state index is 15.4. The van der Waals surface area contributed by atoms with E-state index in [0.717, 1.165) is 61.4 Å². The fourth-order valence-corrected chi connectivity index (χ4v) is 7.60. The van der Waals surface area contributed by atoms with Crippen LogP contribution in [-0.4, -0.2) is 29.5 Å². The summed E-state index contributed by atoms with van der Waals surface area (Å²) in [7, 11) is 0. The molecule has 1 heterocycles. The van der Waals surface area contributed by atoms with Gasteiger partial charge in [-0.1, -0.05) is 72.6 Å². The van der Waals surface area contributed by atoms with Gasteiger partial charge in [0, 0.05) is 47.9 Å². The van der Waals surface area contributed by atoms with E-state index in [9.17, 15) is 0 Å². The molecule has 0 N–H and O–H groups in total. The van der Waals surface area contributed by atoms with Gasteiger partial charge in [-0.05, 0) is 105 Å². The van der Waals surface area contributed by atoms with E-state index in [4.69, 9.17) is 9.98 Å². The molecule has 1 aromatic carbocycles. The van der Waals surface area contributed by atoms with Crippen LogP contribution in [0.1, 0.15) is 111 Å². The second kappa shape index (κ2) is 14.3. The molecule has 2 saturated carbocycles. The van der Waals surface area contributed by atoms with Crippen LogP contribution in [0.15, 0.2) is 59.9 Å². The number of benzene rings is 1. The Hall–Kier alpha value is -2.49. The molecule has 2 aromatic rings. The van der Waals surface area contributed by atoms with Crippen LogP contribution in [0.5, 0.6) is 0 Å². The van der Waals surface area contributed by atoms with Crippen molar-refractivity contribution in [3.05, 3.63) is 60.4 Å². The molecule has 1 aromatic heterocycles. The SMILES string of the molecule is C=C(C1CC1(F)CC)N(CC1CCC(CCC)(C(C)C/N=C(\C)CCC)C1)c1cccc(-c2cc(CCC)ccn2)c1. The predicted octanol–water partition coefficient (Wildman–Crippen LogP) is 10.6. The van der Waals surface area contributed by atoms with Gasteiger partial charge in [0.05, 0.1) is 5.69 Å². The normalized spacial score (nSPS) is 26.3. The Bertz CT molecular complexity index is 1220. The van der Waals surface area contributed by atoms with Crippen molar-refractivity contribution in [2.24, 2.45) is 28.2 Å². The Labute approximate surface area is 256 Å². The van der Waals surface area contributed by atoms with Crippen LogP contribution in [0.3, 0.4) is 0 Å². The van der Waals surface area contributed by atoms with E-state index in [-0.39, 0.29) is 5.92 Å². The monoisotopic (exact) mass is 573 g/mol. The molecule has 4 heteroatoms. The number of aryl methyl sites for hydroxylation is 1. The number of hydrogen-bond donors (Lipinski definition) is 0. The molecule has 0 spiro atoms. The Balaban J connectivity index is 1.59. The first kappa shape index (κ1) is 32.4. The van der Waals surface area contributed by atoms with Crippen LogP contribution in [0.25, 0.3) is 11.3 Å². The van der Waals surface area contributed by atoms with Gasteiger partial charge < -0.3 is 4.90 Å². The third-order valence-corrected chi connectivity index (χ3v) is 10.4. The number of hydrogen-bond acceptors (Lipinski definition) is 3. The Kier molecular flexibility index (Phi) is 11.1. The molecule has 42 heavy (non-hydrogen) atoms. The van der Waals surface area contributed by atoms with Crippen LogP contribution in [0, 0.1) is 23.2 Å². The summed E-state index contributed by atoms with van der Waals surface area (Å²) in [5, 5.41) is 0. The molecule has 2 aliphatic carbocycles. The first-order valence-electron chi connectivity index (χ1n) is 16.9. The number of nitrogens with zero attached hydrogens (tertiary/aromatic N) is 3. The summed E-state index contributed by atoms with van der Waals surface area (Å²) in [5.74, 6) is 1.03. The van der Waals surface area contributed by atoms with Crippen LogP contribution in [0.2, 0.25) is 0 Å². The van der Waals surface area contributed by atoms with E-state index in [1.165, 1.54) is 43.4 Å². The molecule has 5 unspecified atom stereocenters. The molecule has 5 atom stereocenters. The number of aromatic nitrogens is 1. The zero-order valence-electron chi connectivity index (χ0n) is 27.4. The summed E-state index contributed by atoms with van der Waals surface area (Å²) < 4.78 is 15.4. The molecule has 0 aliphatic heterocycles. The number of rotatable bonds is 16. The molecule has 2 aliphatic rings. The Morgan fingerprint density at radius 1 is 1.12 bits per heavy atom.